The number of amides is 1. The first-order valence-electron chi connectivity index (χ1n) is 6.38. The van der Waals surface area contributed by atoms with Crippen LogP contribution in [0.4, 0.5) is 0 Å². The summed E-state index contributed by atoms with van der Waals surface area (Å²) in [6.45, 7) is -0.146. The summed E-state index contributed by atoms with van der Waals surface area (Å²) in [6, 6.07) is 15.6. The van der Waals surface area contributed by atoms with Gasteiger partial charge in [-0.3, -0.25) is 4.79 Å². The molecule has 110 valence electrons. The van der Waals surface area contributed by atoms with E-state index in [0.29, 0.717) is 16.3 Å². The molecule has 0 heterocycles. The fourth-order valence-corrected chi connectivity index (χ4v) is 1.66. The fraction of sp³-hybridized carbons (Fsp3) is 0.0625. The Morgan fingerprint density at radius 2 is 1.91 bits per heavy atom. The largest absolute Gasteiger partial charge is 0.484 e. The topological polar surface area (TPSA) is 74.5 Å². The van der Waals surface area contributed by atoms with Crippen LogP contribution >= 0.6 is 11.6 Å². The van der Waals surface area contributed by atoms with Gasteiger partial charge in [-0.25, -0.2) is 5.43 Å². The molecule has 0 aliphatic carbocycles. The van der Waals surface area contributed by atoms with Gasteiger partial charge in [0.1, 0.15) is 5.75 Å². The molecule has 0 atom stereocenters. The van der Waals surface area contributed by atoms with Crippen LogP contribution in [-0.4, -0.2) is 18.7 Å². The molecule has 0 bridgehead atoms. The van der Waals surface area contributed by atoms with E-state index >= 15 is 0 Å². The highest BCUT2D eigenvalue weighted by atomic mass is 35.5. The monoisotopic (exact) mass is 313 g/mol. The van der Waals surface area contributed by atoms with Crippen molar-refractivity contribution in [2.24, 2.45) is 5.10 Å². The van der Waals surface area contributed by atoms with Gasteiger partial charge in [0.15, 0.2) is 6.61 Å². The summed E-state index contributed by atoms with van der Waals surface area (Å²) in [5.74, 6) is 0.176. The van der Waals surface area contributed by atoms with Crippen LogP contribution in [0.5, 0.6) is 5.75 Å². The van der Waals surface area contributed by atoms with E-state index in [1.807, 2.05) is 6.07 Å². The number of carbonyl (C=O) groups is 1. The van der Waals surface area contributed by atoms with Crippen molar-refractivity contribution in [3.05, 3.63) is 64.7 Å². The molecule has 0 fully saturated rings. The van der Waals surface area contributed by atoms with Gasteiger partial charge in [0.05, 0.1) is 17.8 Å². The highest BCUT2D eigenvalue weighted by Crippen LogP contribution is 2.15. The first kappa shape index (κ1) is 15.5. The molecule has 6 heteroatoms. The van der Waals surface area contributed by atoms with E-state index < -0.39 is 0 Å². The third-order valence-corrected chi connectivity index (χ3v) is 2.88. The standard InChI is InChI=1S/C16H12ClN3O2/c17-14-5-7-15(8-6-14)22-11-16(21)20-19-10-13-3-1-12(9-18)2-4-13/h1-8,10H,11H2,(H,20,21)/b19-10+. The zero-order valence-corrected chi connectivity index (χ0v) is 12.2. The van der Waals surface area contributed by atoms with E-state index in [-0.39, 0.29) is 12.5 Å². The highest BCUT2D eigenvalue weighted by Gasteiger charge is 2.01. The van der Waals surface area contributed by atoms with Crippen LogP contribution in [0.2, 0.25) is 5.02 Å². The molecule has 0 saturated carbocycles. The Labute approximate surface area is 132 Å². The van der Waals surface area contributed by atoms with Crippen molar-refractivity contribution >= 4 is 23.7 Å². The molecule has 2 aromatic rings. The number of hydrogen-bond donors (Lipinski definition) is 1. The summed E-state index contributed by atoms with van der Waals surface area (Å²) in [4.78, 5) is 11.6. The maximum atomic E-state index is 11.6. The van der Waals surface area contributed by atoms with Crippen LogP contribution in [-0.2, 0) is 4.79 Å². The summed E-state index contributed by atoms with van der Waals surface area (Å²) in [6.07, 6.45) is 1.49. The predicted molar refractivity (Wildman–Crippen MR) is 83.8 cm³/mol. The van der Waals surface area contributed by atoms with Crippen LogP contribution < -0.4 is 10.2 Å². The number of hydrogen-bond acceptors (Lipinski definition) is 4. The van der Waals surface area contributed by atoms with Crippen LogP contribution in [0.15, 0.2) is 53.6 Å². The molecule has 0 saturated heterocycles. The Morgan fingerprint density at radius 3 is 2.55 bits per heavy atom. The summed E-state index contributed by atoms with van der Waals surface area (Å²) >= 11 is 5.75. The lowest BCUT2D eigenvalue weighted by molar-refractivity contribution is -0.123. The smallest absolute Gasteiger partial charge is 0.277 e. The van der Waals surface area contributed by atoms with E-state index in [2.05, 4.69) is 10.5 Å². The molecule has 0 aliphatic heterocycles. The van der Waals surface area contributed by atoms with Crippen molar-refractivity contribution in [3.63, 3.8) is 0 Å². The van der Waals surface area contributed by atoms with Gasteiger partial charge in [-0.2, -0.15) is 10.4 Å². The molecule has 5 nitrogen and oxygen atoms in total. The second-order valence-electron chi connectivity index (χ2n) is 4.27. The van der Waals surface area contributed by atoms with E-state index in [1.165, 1.54) is 6.21 Å². The Morgan fingerprint density at radius 1 is 1.23 bits per heavy atom. The quantitative estimate of drug-likeness (QED) is 0.681. The zero-order valence-electron chi connectivity index (χ0n) is 11.5. The molecule has 0 radical (unpaired) electrons. The van der Waals surface area contributed by atoms with Gasteiger partial charge >= 0.3 is 0 Å². The number of halogens is 1. The normalized spacial score (nSPS) is 10.2. The molecule has 0 aromatic heterocycles. The van der Waals surface area contributed by atoms with Crippen LogP contribution in [0.1, 0.15) is 11.1 Å². The number of ether oxygens (including phenoxy) is 1. The van der Waals surface area contributed by atoms with E-state index in [0.717, 1.165) is 5.56 Å². The third-order valence-electron chi connectivity index (χ3n) is 2.63. The number of benzene rings is 2. The lowest BCUT2D eigenvalue weighted by atomic mass is 10.2. The molecule has 1 amide bonds. The SMILES string of the molecule is N#Cc1ccc(/C=N/NC(=O)COc2ccc(Cl)cc2)cc1. The molecule has 2 rings (SSSR count). The van der Waals surface area contributed by atoms with Crippen LogP contribution in [0.25, 0.3) is 0 Å². The molecular weight excluding hydrogens is 302 g/mol. The Kier molecular flexibility index (Phi) is 5.52. The van der Waals surface area contributed by atoms with Crippen molar-refractivity contribution < 1.29 is 9.53 Å². The van der Waals surface area contributed by atoms with Crippen molar-refractivity contribution in [2.75, 3.05) is 6.61 Å². The number of hydrazone groups is 1. The average Bonchev–Trinajstić information content (AvgIpc) is 2.55. The van der Waals surface area contributed by atoms with Gasteiger partial charge in [-0.05, 0) is 42.0 Å². The number of rotatable bonds is 5. The van der Waals surface area contributed by atoms with Crippen LogP contribution in [0.3, 0.4) is 0 Å². The second kappa shape index (κ2) is 7.81. The van der Waals surface area contributed by atoms with Gasteiger partial charge in [0.25, 0.3) is 5.91 Å². The molecule has 0 unspecified atom stereocenters. The second-order valence-corrected chi connectivity index (χ2v) is 4.71. The molecule has 1 N–H and O–H groups in total. The Balaban J connectivity index is 1.78. The molecule has 22 heavy (non-hydrogen) atoms. The first-order chi connectivity index (χ1) is 10.7. The molecule has 0 spiro atoms. The highest BCUT2D eigenvalue weighted by molar-refractivity contribution is 6.30. The van der Waals surface area contributed by atoms with E-state index in [4.69, 9.17) is 21.6 Å². The Bertz CT molecular complexity index is 704. The van der Waals surface area contributed by atoms with Gasteiger partial charge in [-0.1, -0.05) is 23.7 Å². The Hall–Kier alpha value is -2.84. The maximum Gasteiger partial charge on any atom is 0.277 e. The minimum Gasteiger partial charge on any atom is -0.484 e. The number of nitriles is 1. The summed E-state index contributed by atoms with van der Waals surface area (Å²) < 4.78 is 5.28. The van der Waals surface area contributed by atoms with Gasteiger partial charge in [0, 0.05) is 5.02 Å². The van der Waals surface area contributed by atoms with Gasteiger partial charge < -0.3 is 4.74 Å². The molecule has 2 aromatic carbocycles. The minimum atomic E-state index is -0.375. The van der Waals surface area contributed by atoms with Gasteiger partial charge in [0.2, 0.25) is 0 Å². The summed E-state index contributed by atoms with van der Waals surface area (Å²) in [7, 11) is 0. The summed E-state index contributed by atoms with van der Waals surface area (Å²) in [5.41, 5.74) is 3.70. The molecular formula is C16H12ClN3O2. The van der Waals surface area contributed by atoms with Crippen molar-refractivity contribution in [1.29, 1.82) is 5.26 Å². The maximum absolute atomic E-state index is 11.6. The zero-order chi connectivity index (χ0) is 15.8. The lowest BCUT2D eigenvalue weighted by Gasteiger charge is -2.04. The molecule has 0 aliphatic rings. The first-order valence-corrected chi connectivity index (χ1v) is 6.75. The van der Waals surface area contributed by atoms with Crippen molar-refractivity contribution in [2.45, 2.75) is 0 Å². The van der Waals surface area contributed by atoms with E-state index in [1.54, 1.807) is 48.5 Å². The van der Waals surface area contributed by atoms with Crippen molar-refractivity contribution in [1.82, 2.24) is 5.43 Å². The minimum absolute atomic E-state index is 0.146. The fourth-order valence-electron chi connectivity index (χ4n) is 1.53. The van der Waals surface area contributed by atoms with Gasteiger partial charge in [-0.15, -0.1) is 0 Å². The third kappa shape index (κ3) is 4.93. The predicted octanol–water partition coefficient (Wildman–Crippen LogP) is 2.74. The lowest BCUT2D eigenvalue weighted by Crippen LogP contribution is -2.24. The average molecular weight is 314 g/mol. The number of carbonyl (C=O) groups excluding carboxylic acids is 1. The van der Waals surface area contributed by atoms with Crippen LogP contribution in [0, 0.1) is 11.3 Å². The van der Waals surface area contributed by atoms with Crippen molar-refractivity contribution in [3.8, 4) is 11.8 Å². The van der Waals surface area contributed by atoms with E-state index in [9.17, 15) is 4.79 Å². The number of nitrogens with one attached hydrogen (secondary N) is 1. The number of nitrogens with zero attached hydrogens (tertiary/aromatic N) is 2. The summed E-state index contributed by atoms with van der Waals surface area (Å²) in [5, 5.41) is 13.1.